The molecule has 0 atom stereocenters. The lowest BCUT2D eigenvalue weighted by molar-refractivity contribution is 0.282. The maximum Gasteiger partial charge on any atom is 0.142 e. The molecule has 6 aromatic rings. The summed E-state index contributed by atoms with van der Waals surface area (Å²) in [4.78, 5) is 8.24. The van der Waals surface area contributed by atoms with Gasteiger partial charge in [-0.15, -0.1) is 0 Å². The molecule has 0 aliphatic rings. The Morgan fingerprint density at radius 1 is 0.517 bits per heavy atom. The molecule has 306 valence electrons. The number of hydrogen-bond acceptors (Lipinski definition) is 12. The van der Waals surface area contributed by atoms with E-state index in [4.69, 9.17) is 42.1 Å². The van der Waals surface area contributed by atoms with E-state index in [1.54, 1.807) is 48.8 Å². The van der Waals surface area contributed by atoms with Crippen molar-refractivity contribution in [2.24, 2.45) is 0 Å². The summed E-state index contributed by atoms with van der Waals surface area (Å²) >= 11 is 13.4. The van der Waals surface area contributed by atoms with Crippen LogP contribution in [0.3, 0.4) is 0 Å². The van der Waals surface area contributed by atoms with E-state index in [9.17, 15) is 20.7 Å². The first kappa shape index (κ1) is 43.4. The monoisotopic (exact) mass is 844 g/mol. The summed E-state index contributed by atoms with van der Waals surface area (Å²) in [6.07, 6.45) is 6.28. The number of halogens is 2. The number of nitriles is 2. The van der Waals surface area contributed by atoms with Crippen LogP contribution < -0.4 is 29.6 Å². The highest BCUT2D eigenvalue weighted by atomic mass is 35.5. The molecule has 0 saturated heterocycles. The predicted octanol–water partition coefficient (Wildman–Crippen LogP) is 7.67. The fourth-order valence-electron chi connectivity index (χ4n) is 6.10. The van der Waals surface area contributed by atoms with Gasteiger partial charge in [0.1, 0.15) is 61.6 Å². The quantitative estimate of drug-likeness (QED) is 0.0522. The van der Waals surface area contributed by atoms with E-state index >= 15 is 0 Å². The van der Waals surface area contributed by atoms with Crippen molar-refractivity contribution in [3.63, 3.8) is 0 Å². The minimum atomic E-state index is -0.0114. The van der Waals surface area contributed by atoms with E-state index in [-0.39, 0.29) is 39.6 Å². The highest BCUT2D eigenvalue weighted by Gasteiger charge is 2.15. The Labute approximate surface area is 358 Å². The van der Waals surface area contributed by atoms with Gasteiger partial charge in [-0.05, 0) is 58.7 Å². The van der Waals surface area contributed by atoms with Crippen LogP contribution in [-0.2, 0) is 39.5 Å². The number of hydrogen-bond donors (Lipinski definition) is 4. The molecule has 0 saturated carbocycles. The van der Waals surface area contributed by atoms with Gasteiger partial charge in [0.15, 0.2) is 0 Å². The van der Waals surface area contributed by atoms with Crippen LogP contribution in [0.5, 0.6) is 23.0 Å². The Hall–Kier alpha value is -6.22. The smallest absolute Gasteiger partial charge is 0.142 e. The Morgan fingerprint density at radius 2 is 0.933 bits per heavy atom. The molecule has 12 nitrogen and oxygen atoms in total. The van der Waals surface area contributed by atoms with Gasteiger partial charge in [-0.2, -0.15) is 10.5 Å². The summed E-state index contributed by atoms with van der Waals surface area (Å²) in [6, 6.07) is 30.8. The highest BCUT2D eigenvalue weighted by molar-refractivity contribution is 6.32. The molecule has 14 heteroatoms. The van der Waals surface area contributed by atoms with E-state index in [2.05, 4.69) is 44.9 Å². The molecule has 60 heavy (non-hydrogen) atoms. The maximum atomic E-state index is 9.27. The first-order valence-corrected chi connectivity index (χ1v) is 19.8. The average Bonchev–Trinajstić information content (AvgIpc) is 3.28. The number of ether oxygens (including phenoxy) is 4. The third-order valence-electron chi connectivity index (χ3n) is 9.05. The third kappa shape index (κ3) is 12.4. The van der Waals surface area contributed by atoms with Crippen LogP contribution in [0.15, 0.2) is 110 Å². The largest absolute Gasteiger partial charge is 0.488 e. The first-order valence-electron chi connectivity index (χ1n) is 19.0. The SMILES string of the molecule is N#Cc1cncc(COc2cc(OCc3cccc(-c4cccc(COc5cc(OCc6cncc(C#N)c6)c(CNCCO)cc5Cl)c4)c3)c(Cl)cc2CNCCO)c1. The number of aromatic nitrogens is 2. The Balaban J connectivity index is 1.13. The summed E-state index contributed by atoms with van der Waals surface area (Å²) < 4.78 is 24.8. The van der Waals surface area contributed by atoms with Gasteiger partial charge in [-0.3, -0.25) is 9.97 Å². The van der Waals surface area contributed by atoms with Gasteiger partial charge in [0.05, 0.1) is 34.4 Å². The van der Waals surface area contributed by atoms with Crippen LogP contribution >= 0.6 is 23.2 Å². The Kier molecular flexibility index (Phi) is 16.1. The number of aliphatic hydroxyl groups excluding tert-OH is 2. The molecule has 0 bridgehead atoms. The van der Waals surface area contributed by atoms with Crippen LogP contribution in [0, 0.1) is 22.7 Å². The van der Waals surface area contributed by atoms with Crippen LogP contribution in [0.4, 0.5) is 0 Å². The standard InChI is InChI=1S/C46H42Cl2N6O6/c47-41-15-39(25-51-7-9-55)43(57-29-35-11-33(19-49)21-53-23-35)17-45(41)59-27-31-3-1-5-37(13-31)38-6-2-4-32(14-38)28-60-46-18-44(40(16-42(46)48)26-52-8-10-56)58-30-36-12-34(20-50)22-54-24-36/h1-6,11-18,21-24,51-52,55-56H,7-10,25-30H2. The number of nitrogens with zero attached hydrogens (tertiary/aromatic N) is 4. The molecule has 2 aromatic heterocycles. The second-order valence-corrected chi connectivity index (χ2v) is 14.3. The summed E-state index contributed by atoms with van der Waals surface area (Å²) in [7, 11) is 0. The van der Waals surface area contributed by atoms with Gasteiger partial charge >= 0.3 is 0 Å². The van der Waals surface area contributed by atoms with Crippen molar-refractivity contribution in [3.05, 3.63) is 164 Å². The van der Waals surface area contributed by atoms with Gasteiger partial charge < -0.3 is 39.8 Å². The fraction of sp³-hybridized carbons (Fsp3) is 0.217. The molecule has 2 heterocycles. The molecule has 0 spiro atoms. The normalized spacial score (nSPS) is 10.8. The second-order valence-electron chi connectivity index (χ2n) is 13.5. The molecule has 0 fully saturated rings. The predicted molar refractivity (Wildman–Crippen MR) is 228 cm³/mol. The Morgan fingerprint density at radius 3 is 1.35 bits per heavy atom. The van der Waals surface area contributed by atoms with Gasteiger partial charge in [0.25, 0.3) is 0 Å². The zero-order valence-corrected chi connectivity index (χ0v) is 34.0. The zero-order valence-electron chi connectivity index (χ0n) is 32.5. The second kappa shape index (κ2) is 22.2. The molecule has 0 amide bonds. The molecule has 0 aliphatic carbocycles. The summed E-state index contributed by atoms with van der Waals surface area (Å²) in [6.45, 7) is 2.44. The van der Waals surface area contributed by atoms with Crippen molar-refractivity contribution in [2.75, 3.05) is 26.3 Å². The molecular formula is C46H42Cl2N6O6. The fourth-order valence-corrected chi connectivity index (χ4v) is 6.58. The van der Waals surface area contributed by atoms with E-state index in [1.807, 2.05) is 36.4 Å². The summed E-state index contributed by atoms with van der Waals surface area (Å²) in [5.41, 5.74) is 7.73. The van der Waals surface area contributed by atoms with E-state index in [0.29, 0.717) is 70.3 Å². The van der Waals surface area contributed by atoms with Crippen molar-refractivity contribution < 1.29 is 29.2 Å². The number of aliphatic hydroxyl groups is 2. The molecule has 0 unspecified atom stereocenters. The molecule has 4 N–H and O–H groups in total. The van der Waals surface area contributed by atoms with Crippen molar-refractivity contribution in [1.82, 2.24) is 20.6 Å². The number of benzene rings is 4. The van der Waals surface area contributed by atoms with Crippen LogP contribution in [0.1, 0.15) is 44.5 Å². The van der Waals surface area contributed by atoms with Crippen molar-refractivity contribution in [3.8, 4) is 46.3 Å². The topological polar surface area (TPSA) is 175 Å². The third-order valence-corrected chi connectivity index (χ3v) is 9.64. The summed E-state index contributed by atoms with van der Waals surface area (Å²) in [5, 5.41) is 44.2. The van der Waals surface area contributed by atoms with Gasteiger partial charge in [0, 0.05) is 85.4 Å². The van der Waals surface area contributed by atoms with E-state index < -0.39 is 0 Å². The number of rotatable bonds is 21. The lowest BCUT2D eigenvalue weighted by Crippen LogP contribution is -2.18. The number of pyridine rings is 2. The van der Waals surface area contributed by atoms with Crippen molar-refractivity contribution >= 4 is 23.2 Å². The molecule has 4 aromatic carbocycles. The van der Waals surface area contributed by atoms with Gasteiger partial charge in [-0.1, -0.05) is 59.6 Å². The molecular weight excluding hydrogens is 803 g/mol. The maximum absolute atomic E-state index is 9.27. The minimum absolute atomic E-state index is 0.0114. The van der Waals surface area contributed by atoms with E-state index in [0.717, 1.165) is 44.5 Å². The van der Waals surface area contributed by atoms with Crippen LogP contribution in [0.25, 0.3) is 11.1 Å². The van der Waals surface area contributed by atoms with Crippen molar-refractivity contribution in [1.29, 1.82) is 10.5 Å². The molecule has 0 radical (unpaired) electrons. The zero-order chi connectivity index (χ0) is 42.1. The van der Waals surface area contributed by atoms with E-state index in [1.165, 1.54) is 12.4 Å². The van der Waals surface area contributed by atoms with Crippen LogP contribution in [0.2, 0.25) is 10.0 Å². The molecule has 6 rings (SSSR count). The number of nitrogens with one attached hydrogen (secondary N) is 2. The van der Waals surface area contributed by atoms with Crippen LogP contribution in [-0.4, -0.2) is 46.5 Å². The average molecular weight is 846 g/mol. The van der Waals surface area contributed by atoms with Gasteiger partial charge in [-0.25, -0.2) is 0 Å². The van der Waals surface area contributed by atoms with Gasteiger partial charge in [0.2, 0.25) is 0 Å². The first-order chi connectivity index (χ1) is 29.3. The summed E-state index contributed by atoms with van der Waals surface area (Å²) in [5.74, 6) is 1.98. The lowest BCUT2D eigenvalue weighted by atomic mass is 10.0. The lowest BCUT2D eigenvalue weighted by Gasteiger charge is -2.17. The highest BCUT2D eigenvalue weighted by Crippen LogP contribution is 2.36. The van der Waals surface area contributed by atoms with Crippen molar-refractivity contribution in [2.45, 2.75) is 39.5 Å². The minimum Gasteiger partial charge on any atom is -0.488 e. The molecule has 0 aliphatic heterocycles. The Bertz CT molecular complexity index is 2300.